The lowest BCUT2D eigenvalue weighted by Gasteiger charge is -2.26. The van der Waals surface area contributed by atoms with E-state index in [-0.39, 0.29) is 34.9 Å². The number of hydrogen-bond acceptors (Lipinski definition) is 4. The van der Waals surface area contributed by atoms with Crippen molar-refractivity contribution in [3.63, 3.8) is 0 Å². The van der Waals surface area contributed by atoms with Crippen LogP contribution >= 0.6 is 0 Å². The Kier molecular flexibility index (Phi) is 7.79. The van der Waals surface area contributed by atoms with Gasteiger partial charge in [-0.3, -0.25) is 14.4 Å². The number of carbonyl (C=O) groups is 3. The Bertz CT molecular complexity index is 1280. The number of carbonyl (C=O) groups excluding carboxylic acids is 3. The first-order chi connectivity index (χ1) is 17.9. The molecule has 3 unspecified atom stereocenters. The molecule has 202 valence electrons. The van der Waals surface area contributed by atoms with Crippen molar-refractivity contribution in [2.75, 3.05) is 5.32 Å². The molecule has 2 aromatic rings. The maximum atomic E-state index is 14.7. The summed E-state index contributed by atoms with van der Waals surface area (Å²) in [6.07, 6.45) is -6.68. The van der Waals surface area contributed by atoms with Gasteiger partial charge in [-0.15, -0.1) is 0 Å². The molecule has 12 heteroatoms. The molecule has 1 fully saturated rings. The lowest BCUT2D eigenvalue weighted by Crippen LogP contribution is -2.48. The number of primary amides is 1. The molecule has 4 N–H and O–H groups in total. The Labute approximate surface area is 214 Å². The fraction of sp³-hybridized carbons (Fsp3) is 0.385. The summed E-state index contributed by atoms with van der Waals surface area (Å²) in [5, 5.41) is 4.65. The standard InChI is InChI=1S/C26H25F5N4O3/c27-15-4-1-3-14(12-15)20-17-5-2-6-19(28)21(17)34-25(38)23(33-20)35-24(37)16(9-10-26(29,30)31)18(22(32)36)11-13-7-8-13/h1-6,12-13,16,18,23H,7-11H2,(H2,32,36)(H,34,38)(H,35,37). The molecule has 7 nitrogen and oxygen atoms in total. The van der Waals surface area contributed by atoms with Crippen LogP contribution in [0.2, 0.25) is 0 Å². The van der Waals surface area contributed by atoms with Crippen molar-refractivity contribution in [1.82, 2.24) is 5.32 Å². The highest BCUT2D eigenvalue weighted by molar-refractivity contribution is 6.20. The zero-order valence-electron chi connectivity index (χ0n) is 20.0. The number of fused-ring (bicyclic) bond motifs is 1. The van der Waals surface area contributed by atoms with Crippen molar-refractivity contribution in [3.05, 3.63) is 65.2 Å². The predicted molar refractivity (Wildman–Crippen MR) is 128 cm³/mol. The van der Waals surface area contributed by atoms with Crippen LogP contribution < -0.4 is 16.4 Å². The van der Waals surface area contributed by atoms with Crippen LogP contribution in [0, 0.1) is 29.4 Å². The fourth-order valence-corrected chi connectivity index (χ4v) is 4.53. The number of hydrogen-bond donors (Lipinski definition) is 3. The smallest absolute Gasteiger partial charge is 0.369 e. The number of benzodiazepines with no additional fused rings is 1. The minimum Gasteiger partial charge on any atom is -0.369 e. The van der Waals surface area contributed by atoms with Crippen LogP contribution in [0.25, 0.3) is 0 Å². The molecule has 1 saturated carbocycles. The first-order valence-electron chi connectivity index (χ1n) is 12.0. The number of benzene rings is 2. The highest BCUT2D eigenvalue weighted by Crippen LogP contribution is 2.39. The topological polar surface area (TPSA) is 114 Å². The fourth-order valence-electron chi connectivity index (χ4n) is 4.53. The first kappa shape index (κ1) is 27.2. The van der Waals surface area contributed by atoms with E-state index in [4.69, 9.17) is 5.73 Å². The van der Waals surface area contributed by atoms with E-state index in [9.17, 15) is 36.3 Å². The van der Waals surface area contributed by atoms with Gasteiger partial charge in [0.05, 0.1) is 11.4 Å². The third-order valence-electron chi connectivity index (χ3n) is 6.61. The van der Waals surface area contributed by atoms with Gasteiger partial charge >= 0.3 is 6.18 Å². The molecule has 0 saturated heterocycles. The van der Waals surface area contributed by atoms with Crippen LogP contribution in [0.4, 0.5) is 27.6 Å². The quantitative estimate of drug-likeness (QED) is 0.420. The summed E-state index contributed by atoms with van der Waals surface area (Å²) in [6.45, 7) is 0. The van der Waals surface area contributed by atoms with Gasteiger partial charge in [-0.1, -0.05) is 37.1 Å². The van der Waals surface area contributed by atoms with Gasteiger partial charge in [0.15, 0.2) is 0 Å². The van der Waals surface area contributed by atoms with Crippen molar-refractivity contribution >= 4 is 29.1 Å². The SMILES string of the molecule is NC(=O)C(CC1CC1)C(CCC(F)(F)F)C(=O)NC1N=C(c2cccc(F)c2)c2cccc(F)c2NC1=O. The lowest BCUT2D eigenvalue weighted by molar-refractivity contribution is -0.146. The molecule has 2 aromatic carbocycles. The largest absolute Gasteiger partial charge is 0.389 e. The second-order valence-electron chi connectivity index (χ2n) is 9.50. The van der Waals surface area contributed by atoms with Crippen LogP contribution in [0.15, 0.2) is 47.5 Å². The molecule has 4 rings (SSSR count). The van der Waals surface area contributed by atoms with E-state index in [0.29, 0.717) is 0 Å². The van der Waals surface area contributed by atoms with Crippen molar-refractivity contribution < 1.29 is 36.3 Å². The summed E-state index contributed by atoms with van der Waals surface area (Å²) in [6, 6.07) is 9.01. The number of nitrogens with zero attached hydrogens (tertiary/aromatic N) is 1. The van der Waals surface area contributed by atoms with E-state index in [2.05, 4.69) is 15.6 Å². The normalized spacial score (nSPS) is 18.9. The molecule has 2 aliphatic rings. The second kappa shape index (κ2) is 10.9. The lowest BCUT2D eigenvalue weighted by atomic mass is 9.83. The first-order valence-corrected chi connectivity index (χ1v) is 12.0. The van der Waals surface area contributed by atoms with Gasteiger partial charge in [0.1, 0.15) is 11.6 Å². The number of rotatable bonds is 9. The van der Waals surface area contributed by atoms with Gasteiger partial charge in [-0.2, -0.15) is 13.2 Å². The number of alkyl halides is 3. The maximum Gasteiger partial charge on any atom is 0.389 e. The molecular formula is C26H25F5N4O3. The summed E-state index contributed by atoms with van der Waals surface area (Å²) < 4.78 is 67.8. The zero-order chi connectivity index (χ0) is 27.6. The number of amides is 3. The summed E-state index contributed by atoms with van der Waals surface area (Å²) in [5.74, 6) is -6.93. The Morgan fingerprint density at radius 3 is 2.45 bits per heavy atom. The number of anilines is 1. The van der Waals surface area contributed by atoms with Gasteiger partial charge in [0.2, 0.25) is 18.0 Å². The van der Waals surface area contributed by atoms with E-state index < -0.39 is 66.4 Å². The zero-order valence-corrected chi connectivity index (χ0v) is 20.0. The summed E-state index contributed by atoms with van der Waals surface area (Å²) >= 11 is 0. The van der Waals surface area contributed by atoms with Crippen LogP contribution in [0.1, 0.15) is 43.2 Å². The number of aliphatic imine (C=N–C) groups is 1. The Morgan fingerprint density at radius 1 is 1.11 bits per heavy atom. The molecule has 0 spiro atoms. The number of nitrogens with one attached hydrogen (secondary N) is 2. The molecule has 0 aromatic heterocycles. The summed E-state index contributed by atoms with van der Waals surface area (Å²) in [4.78, 5) is 42.7. The van der Waals surface area contributed by atoms with Gasteiger partial charge in [0, 0.05) is 29.4 Å². The molecule has 1 aliphatic heterocycles. The van der Waals surface area contributed by atoms with Gasteiger partial charge in [-0.05, 0) is 37.0 Å². The van der Waals surface area contributed by atoms with E-state index in [1.54, 1.807) is 0 Å². The average molecular weight is 537 g/mol. The Morgan fingerprint density at radius 2 is 1.82 bits per heavy atom. The van der Waals surface area contributed by atoms with E-state index in [0.717, 1.165) is 25.0 Å². The van der Waals surface area contributed by atoms with Crippen LogP contribution in [-0.4, -0.2) is 35.8 Å². The van der Waals surface area contributed by atoms with Gasteiger partial charge in [0.25, 0.3) is 5.91 Å². The molecular weight excluding hydrogens is 511 g/mol. The minimum atomic E-state index is -4.60. The average Bonchev–Trinajstić information content (AvgIpc) is 3.66. The van der Waals surface area contributed by atoms with E-state index in [1.165, 1.54) is 30.3 Å². The van der Waals surface area contributed by atoms with Crippen molar-refractivity contribution in [2.45, 2.75) is 44.4 Å². The van der Waals surface area contributed by atoms with Crippen molar-refractivity contribution in [2.24, 2.45) is 28.5 Å². The number of halogens is 5. The summed E-state index contributed by atoms with van der Waals surface area (Å²) in [5.41, 5.74) is 5.48. The third-order valence-corrected chi connectivity index (χ3v) is 6.61. The monoisotopic (exact) mass is 536 g/mol. The Hall–Kier alpha value is -3.83. The van der Waals surface area contributed by atoms with Crippen LogP contribution in [0.3, 0.4) is 0 Å². The van der Waals surface area contributed by atoms with Gasteiger partial charge < -0.3 is 16.4 Å². The predicted octanol–water partition coefficient (Wildman–Crippen LogP) is 4.06. The molecule has 38 heavy (non-hydrogen) atoms. The second-order valence-corrected chi connectivity index (χ2v) is 9.50. The Balaban J connectivity index is 1.69. The number of nitrogens with two attached hydrogens (primary N) is 1. The molecule has 3 atom stereocenters. The molecule has 1 heterocycles. The summed E-state index contributed by atoms with van der Waals surface area (Å²) in [7, 11) is 0. The highest BCUT2D eigenvalue weighted by Gasteiger charge is 2.41. The maximum absolute atomic E-state index is 14.7. The molecule has 3 amide bonds. The van der Waals surface area contributed by atoms with E-state index >= 15 is 0 Å². The van der Waals surface area contributed by atoms with Crippen LogP contribution in [0.5, 0.6) is 0 Å². The van der Waals surface area contributed by atoms with Crippen molar-refractivity contribution in [1.29, 1.82) is 0 Å². The highest BCUT2D eigenvalue weighted by atomic mass is 19.4. The van der Waals surface area contributed by atoms with Gasteiger partial charge in [-0.25, -0.2) is 13.8 Å². The van der Waals surface area contributed by atoms with Crippen LogP contribution in [-0.2, 0) is 14.4 Å². The minimum absolute atomic E-state index is 0.0288. The molecule has 1 aliphatic carbocycles. The van der Waals surface area contributed by atoms with Crippen molar-refractivity contribution in [3.8, 4) is 0 Å². The molecule has 0 bridgehead atoms. The molecule has 0 radical (unpaired) electrons. The third kappa shape index (κ3) is 6.53. The number of para-hydroxylation sites is 1. The van der Waals surface area contributed by atoms with E-state index in [1.807, 2.05) is 0 Å².